The Kier molecular flexibility index (Phi) is 5.33. The summed E-state index contributed by atoms with van der Waals surface area (Å²) in [5.41, 5.74) is 2.84. The lowest BCUT2D eigenvalue weighted by atomic mass is 9.73. The molecule has 0 amide bonds. The van der Waals surface area contributed by atoms with Crippen molar-refractivity contribution in [3.63, 3.8) is 0 Å². The molecule has 0 aliphatic heterocycles. The molecule has 2 aromatic carbocycles. The van der Waals surface area contributed by atoms with E-state index in [0.717, 1.165) is 6.42 Å². The van der Waals surface area contributed by atoms with E-state index < -0.39 is 0 Å². The van der Waals surface area contributed by atoms with Gasteiger partial charge in [-0.1, -0.05) is 72.8 Å². The van der Waals surface area contributed by atoms with E-state index in [1.54, 1.807) is 0 Å². The fourth-order valence-electron chi connectivity index (χ4n) is 3.48. The lowest BCUT2D eigenvalue weighted by molar-refractivity contribution is 0.371. The van der Waals surface area contributed by atoms with Crippen molar-refractivity contribution in [2.75, 3.05) is 0 Å². The molecule has 0 saturated carbocycles. The summed E-state index contributed by atoms with van der Waals surface area (Å²) in [6.07, 6.45) is 5.80. The lowest BCUT2D eigenvalue weighted by Gasteiger charge is -2.32. The predicted molar refractivity (Wildman–Crippen MR) is 101 cm³/mol. The van der Waals surface area contributed by atoms with E-state index in [4.69, 9.17) is 0 Å². The van der Waals surface area contributed by atoms with Gasteiger partial charge in [0.2, 0.25) is 0 Å². The highest BCUT2D eigenvalue weighted by atomic mass is 35.5. The number of halogens is 1. The van der Waals surface area contributed by atoms with Crippen molar-refractivity contribution >= 4 is 12.4 Å². The molecule has 1 aliphatic carbocycles. The monoisotopic (exact) mass is 327 g/mol. The van der Waals surface area contributed by atoms with Crippen molar-refractivity contribution in [2.45, 2.75) is 44.2 Å². The minimum Gasteiger partial charge on any atom is -0.306 e. The number of benzene rings is 2. The van der Waals surface area contributed by atoms with Gasteiger partial charge < -0.3 is 5.32 Å². The first-order valence-corrected chi connectivity index (χ1v) is 8.08. The number of allylic oxidation sites excluding steroid dienone is 1. The van der Waals surface area contributed by atoms with Crippen LogP contribution in [0.1, 0.15) is 38.3 Å². The topological polar surface area (TPSA) is 12.0 Å². The largest absolute Gasteiger partial charge is 0.306 e. The van der Waals surface area contributed by atoms with Crippen LogP contribution < -0.4 is 5.32 Å². The molecule has 0 radical (unpaired) electrons. The fraction of sp³-hybridized carbons (Fsp3) is 0.333. The molecule has 0 aromatic heterocycles. The van der Waals surface area contributed by atoms with Crippen LogP contribution in [0.5, 0.6) is 0 Å². The van der Waals surface area contributed by atoms with Gasteiger partial charge in [0, 0.05) is 17.0 Å². The van der Waals surface area contributed by atoms with E-state index in [0.29, 0.717) is 6.04 Å². The van der Waals surface area contributed by atoms with Gasteiger partial charge in [0.05, 0.1) is 0 Å². The van der Waals surface area contributed by atoms with Crippen LogP contribution in [0.4, 0.5) is 0 Å². The van der Waals surface area contributed by atoms with Crippen molar-refractivity contribution in [3.8, 4) is 0 Å². The third-order valence-corrected chi connectivity index (χ3v) is 4.35. The molecule has 2 aromatic rings. The zero-order valence-electron chi connectivity index (χ0n) is 14.1. The maximum absolute atomic E-state index is 3.73. The average molecular weight is 328 g/mol. The molecule has 0 bridgehead atoms. The first-order chi connectivity index (χ1) is 10.5. The molecule has 2 heteroatoms. The van der Waals surface area contributed by atoms with Gasteiger partial charge in [-0.2, -0.15) is 0 Å². The Hall–Kier alpha value is -1.57. The quantitative estimate of drug-likeness (QED) is 0.772. The minimum atomic E-state index is -0.0224. The standard InChI is InChI=1S/C21H25N.ClH/c1-20(2,3)22-19-14-15-21(16-19,17-10-6-4-7-11-17)18-12-8-5-9-13-18;/h4-15,19,22H,16H2,1-3H3;1H. The van der Waals surface area contributed by atoms with Gasteiger partial charge in [0.15, 0.2) is 0 Å². The van der Waals surface area contributed by atoms with Gasteiger partial charge in [-0.15, -0.1) is 12.4 Å². The van der Waals surface area contributed by atoms with Crippen LogP contribution in [-0.4, -0.2) is 11.6 Å². The van der Waals surface area contributed by atoms with Crippen molar-refractivity contribution in [1.82, 2.24) is 5.32 Å². The Balaban J connectivity index is 0.00000192. The summed E-state index contributed by atoms with van der Waals surface area (Å²) in [6, 6.07) is 22.1. The lowest BCUT2D eigenvalue weighted by Crippen LogP contribution is -2.43. The van der Waals surface area contributed by atoms with Gasteiger partial charge in [-0.05, 0) is 38.3 Å². The molecule has 0 fully saturated rings. The fourth-order valence-corrected chi connectivity index (χ4v) is 3.48. The van der Waals surface area contributed by atoms with Crippen molar-refractivity contribution in [1.29, 1.82) is 0 Å². The van der Waals surface area contributed by atoms with Crippen molar-refractivity contribution in [3.05, 3.63) is 83.9 Å². The third-order valence-electron chi connectivity index (χ3n) is 4.35. The van der Waals surface area contributed by atoms with Crippen LogP contribution in [0, 0.1) is 0 Å². The highest BCUT2D eigenvalue weighted by Crippen LogP contribution is 2.42. The number of hydrogen-bond donors (Lipinski definition) is 1. The van der Waals surface area contributed by atoms with Gasteiger partial charge in [-0.3, -0.25) is 0 Å². The minimum absolute atomic E-state index is 0. The summed E-state index contributed by atoms with van der Waals surface area (Å²) in [5, 5.41) is 3.73. The molecule has 0 saturated heterocycles. The second kappa shape index (κ2) is 6.90. The summed E-state index contributed by atoms with van der Waals surface area (Å²) >= 11 is 0. The number of rotatable bonds is 3. The zero-order valence-corrected chi connectivity index (χ0v) is 14.9. The highest BCUT2D eigenvalue weighted by molar-refractivity contribution is 5.85. The van der Waals surface area contributed by atoms with E-state index in [1.165, 1.54) is 11.1 Å². The molecular weight excluding hydrogens is 302 g/mol. The van der Waals surface area contributed by atoms with Crippen LogP contribution in [0.25, 0.3) is 0 Å². The van der Waals surface area contributed by atoms with Crippen molar-refractivity contribution < 1.29 is 0 Å². The zero-order chi connectivity index (χ0) is 15.6. The molecule has 23 heavy (non-hydrogen) atoms. The second-order valence-corrected chi connectivity index (χ2v) is 7.27. The van der Waals surface area contributed by atoms with E-state index >= 15 is 0 Å². The SMILES string of the molecule is CC(C)(C)NC1C=CC(c2ccccc2)(c2ccccc2)C1.Cl. The Morgan fingerprint density at radius 1 is 0.870 bits per heavy atom. The van der Waals surface area contributed by atoms with Gasteiger partial charge in [-0.25, -0.2) is 0 Å². The molecule has 1 aliphatic rings. The Bertz CT molecular complexity index is 601. The smallest absolute Gasteiger partial charge is 0.0400 e. The van der Waals surface area contributed by atoms with Crippen LogP contribution in [0.2, 0.25) is 0 Å². The van der Waals surface area contributed by atoms with Crippen LogP contribution in [-0.2, 0) is 5.41 Å². The molecule has 1 atom stereocenters. The molecule has 3 rings (SSSR count). The van der Waals surface area contributed by atoms with E-state index in [1.807, 2.05) is 0 Å². The van der Waals surface area contributed by atoms with Gasteiger partial charge in [0.25, 0.3) is 0 Å². The predicted octanol–water partition coefficient (Wildman–Crippen LogP) is 5.11. The van der Waals surface area contributed by atoms with Crippen molar-refractivity contribution in [2.24, 2.45) is 0 Å². The number of hydrogen-bond acceptors (Lipinski definition) is 1. The van der Waals surface area contributed by atoms with E-state index in [9.17, 15) is 0 Å². The summed E-state index contributed by atoms with van der Waals surface area (Å²) in [6.45, 7) is 6.68. The van der Waals surface area contributed by atoms with E-state index in [-0.39, 0.29) is 23.4 Å². The first kappa shape index (κ1) is 17.8. The third kappa shape index (κ3) is 3.85. The molecule has 1 unspecified atom stereocenters. The Morgan fingerprint density at radius 2 is 1.35 bits per heavy atom. The molecule has 0 heterocycles. The molecule has 122 valence electrons. The molecule has 1 N–H and O–H groups in total. The first-order valence-electron chi connectivity index (χ1n) is 8.08. The number of nitrogens with one attached hydrogen (secondary N) is 1. The summed E-state index contributed by atoms with van der Waals surface area (Å²) < 4.78 is 0. The summed E-state index contributed by atoms with van der Waals surface area (Å²) in [4.78, 5) is 0. The van der Waals surface area contributed by atoms with Gasteiger partial charge >= 0.3 is 0 Å². The molecule has 0 spiro atoms. The maximum Gasteiger partial charge on any atom is 0.0400 e. The van der Waals surface area contributed by atoms with E-state index in [2.05, 4.69) is 98.9 Å². The second-order valence-electron chi connectivity index (χ2n) is 7.27. The summed E-state index contributed by atoms with van der Waals surface area (Å²) in [7, 11) is 0. The molecule has 1 nitrogen and oxygen atoms in total. The van der Waals surface area contributed by atoms with Crippen LogP contribution in [0.15, 0.2) is 72.8 Å². The van der Waals surface area contributed by atoms with Gasteiger partial charge in [0.1, 0.15) is 0 Å². The molecular formula is C21H26ClN. The maximum atomic E-state index is 3.73. The highest BCUT2D eigenvalue weighted by Gasteiger charge is 2.38. The average Bonchev–Trinajstić information content (AvgIpc) is 2.92. The Labute approximate surface area is 146 Å². The van der Waals surface area contributed by atoms with Crippen LogP contribution in [0.3, 0.4) is 0 Å². The normalized spacial score (nSPS) is 19.3. The summed E-state index contributed by atoms with van der Waals surface area (Å²) in [5.74, 6) is 0. The van der Waals surface area contributed by atoms with Crippen LogP contribution >= 0.6 is 12.4 Å². The Morgan fingerprint density at radius 3 is 1.78 bits per heavy atom.